The van der Waals surface area contributed by atoms with Crippen LogP contribution in [0.2, 0.25) is 0 Å². The number of aromatic nitrogens is 5. The number of H-pyrrole nitrogens is 1. The van der Waals surface area contributed by atoms with Crippen LogP contribution in [0.1, 0.15) is 25.3 Å². The lowest BCUT2D eigenvalue weighted by Crippen LogP contribution is -2.58. The fraction of sp³-hybridized carbons (Fsp3) is 0.400. The van der Waals surface area contributed by atoms with Gasteiger partial charge in [-0.1, -0.05) is 11.3 Å². The molecule has 3 aromatic heterocycles. The Morgan fingerprint density at radius 1 is 1.24 bits per heavy atom. The maximum atomic E-state index is 13.1. The zero-order valence-electron chi connectivity index (χ0n) is 13.7. The van der Waals surface area contributed by atoms with Crippen LogP contribution in [-0.2, 0) is 10.3 Å². The Balaban J connectivity index is 2.02. The number of nitrogens with zero attached hydrogens (tertiary/aromatic N) is 4. The van der Waals surface area contributed by atoms with Crippen LogP contribution in [-0.4, -0.2) is 37.0 Å². The number of hydrogen-bond acceptors (Lipinski definition) is 6. The number of thiophene rings is 1. The van der Waals surface area contributed by atoms with E-state index in [1.54, 1.807) is 13.8 Å². The Kier molecular flexibility index (Phi) is 3.39. The minimum Gasteiger partial charge on any atom is -0.354 e. The minimum absolute atomic E-state index is 0.312. The van der Waals surface area contributed by atoms with E-state index in [1.165, 1.54) is 28.5 Å². The lowest BCUT2D eigenvalue weighted by atomic mass is 9.91. The van der Waals surface area contributed by atoms with Gasteiger partial charge in [-0.25, -0.2) is 9.36 Å². The Morgan fingerprint density at radius 2 is 1.96 bits per heavy atom. The predicted molar refractivity (Wildman–Crippen MR) is 92.3 cm³/mol. The highest BCUT2D eigenvalue weighted by molar-refractivity contribution is 7.21. The molecule has 4 heterocycles. The standard InChI is InChI=1S/C15H16N6O3S/c1-8-9-10(25-12(8)21-17-6-7-18-21)19-14(24)20(11(9)22)15(2)4-3-5-16-13(15)23/h6-7H,3-5H2,1-2H3,(H,16,23)(H,19,24). The quantitative estimate of drug-likeness (QED) is 0.681. The molecule has 0 saturated carbocycles. The number of fused-ring (bicyclic) bond motifs is 1. The molecule has 130 valence electrons. The van der Waals surface area contributed by atoms with E-state index in [0.29, 0.717) is 40.2 Å². The average molecular weight is 360 g/mol. The van der Waals surface area contributed by atoms with Crippen molar-refractivity contribution in [1.29, 1.82) is 0 Å². The van der Waals surface area contributed by atoms with Crippen LogP contribution in [0.15, 0.2) is 22.0 Å². The normalized spacial score (nSPS) is 20.8. The second-order valence-electron chi connectivity index (χ2n) is 6.26. The minimum atomic E-state index is -1.20. The smallest absolute Gasteiger partial charge is 0.330 e. The maximum Gasteiger partial charge on any atom is 0.330 e. The summed E-state index contributed by atoms with van der Waals surface area (Å²) >= 11 is 1.23. The number of amides is 1. The number of rotatable bonds is 2. The molecule has 1 atom stereocenters. The molecule has 0 radical (unpaired) electrons. The number of hydrogen-bond donors (Lipinski definition) is 2. The van der Waals surface area contributed by atoms with Gasteiger partial charge in [0.05, 0.1) is 17.8 Å². The van der Waals surface area contributed by atoms with Crippen molar-refractivity contribution in [2.45, 2.75) is 32.2 Å². The van der Waals surface area contributed by atoms with Crippen molar-refractivity contribution in [2.75, 3.05) is 6.54 Å². The Hall–Kier alpha value is -2.75. The number of nitrogens with one attached hydrogen (secondary N) is 2. The van der Waals surface area contributed by atoms with Gasteiger partial charge in [0.25, 0.3) is 5.56 Å². The van der Waals surface area contributed by atoms with Gasteiger partial charge >= 0.3 is 5.69 Å². The van der Waals surface area contributed by atoms with Crippen LogP contribution in [0, 0.1) is 6.92 Å². The summed E-state index contributed by atoms with van der Waals surface area (Å²) in [6.07, 6.45) is 4.22. The van der Waals surface area contributed by atoms with E-state index in [-0.39, 0.29) is 5.91 Å². The molecular weight excluding hydrogens is 344 g/mol. The lowest BCUT2D eigenvalue weighted by molar-refractivity contribution is -0.131. The van der Waals surface area contributed by atoms with Crippen LogP contribution >= 0.6 is 11.3 Å². The zero-order valence-corrected chi connectivity index (χ0v) is 14.5. The molecule has 0 aromatic carbocycles. The summed E-state index contributed by atoms with van der Waals surface area (Å²) in [5.41, 5.74) is -1.58. The van der Waals surface area contributed by atoms with Gasteiger partial charge in [-0.05, 0) is 26.7 Å². The molecule has 4 rings (SSSR count). The highest BCUT2D eigenvalue weighted by atomic mass is 32.1. The van der Waals surface area contributed by atoms with Crippen molar-refractivity contribution in [3.05, 3.63) is 38.8 Å². The van der Waals surface area contributed by atoms with Crippen molar-refractivity contribution >= 4 is 27.5 Å². The van der Waals surface area contributed by atoms with E-state index < -0.39 is 16.8 Å². The fourth-order valence-electron chi connectivity index (χ4n) is 3.32. The van der Waals surface area contributed by atoms with E-state index in [9.17, 15) is 14.4 Å². The molecule has 0 spiro atoms. The molecule has 1 aliphatic heterocycles. The van der Waals surface area contributed by atoms with Gasteiger partial charge in [0, 0.05) is 12.1 Å². The molecule has 25 heavy (non-hydrogen) atoms. The van der Waals surface area contributed by atoms with Gasteiger partial charge in [-0.3, -0.25) is 14.6 Å². The first-order valence-corrected chi connectivity index (χ1v) is 8.69. The molecule has 3 aromatic rings. The molecule has 0 aliphatic carbocycles. The summed E-state index contributed by atoms with van der Waals surface area (Å²) in [7, 11) is 0. The summed E-state index contributed by atoms with van der Waals surface area (Å²) in [6, 6.07) is 0. The number of carbonyl (C=O) groups excluding carboxylic acids is 1. The topological polar surface area (TPSA) is 115 Å². The summed E-state index contributed by atoms with van der Waals surface area (Å²) in [6.45, 7) is 3.96. The molecule has 1 aliphatic rings. The third-order valence-corrected chi connectivity index (χ3v) is 5.84. The fourth-order valence-corrected chi connectivity index (χ4v) is 4.42. The van der Waals surface area contributed by atoms with Gasteiger partial charge in [0.15, 0.2) is 0 Å². The number of aromatic amines is 1. The Bertz CT molecular complexity index is 1090. The third kappa shape index (κ3) is 2.17. The van der Waals surface area contributed by atoms with Gasteiger partial charge in [0.1, 0.15) is 15.4 Å². The SMILES string of the molecule is Cc1c(-n2nccn2)sc2[nH]c(=O)n(C3(C)CCCNC3=O)c(=O)c12. The molecule has 1 saturated heterocycles. The van der Waals surface area contributed by atoms with Crippen molar-refractivity contribution in [3.8, 4) is 5.00 Å². The van der Waals surface area contributed by atoms with Crippen LogP contribution in [0.25, 0.3) is 15.2 Å². The van der Waals surface area contributed by atoms with Crippen LogP contribution in [0.3, 0.4) is 0 Å². The first-order chi connectivity index (χ1) is 11.9. The first kappa shape index (κ1) is 15.8. The van der Waals surface area contributed by atoms with Crippen molar-refractivity contribution in [3.63, 3.8) is 0 Å². The van der Waals surface area contributed by atoms with Crippen LogP contribution < -0.4 is 16.6 Å². The van der Waals surface area contributed by atoms with Gasteiger partial charge in [-0.2, -0.15) is 10.2 Å². The summed E-state index contributed by atoms with van der Waals surface area (Å²) < 4.78 is 1.05. The molecule has 1 unspecified atom stereocenters. The third-order valence-electron chi connectivity index (χ3n) is 4.67. The Morgan fingerprint density at radius 3 is 2.64 bits per heavy atom. The highest BCUT2D eigenvalue weighted by Gasteiger charge is 2.40. The van der Waals surface area contributed by atoms with E-state index >= 15 is 0 Å². The average Bonchev–Trinajstić information content (AvgIpc) is 3.18. The van der Waals surface area contributed by atoms with Gasteiger partial charge < -0.3 is 5.32 Å². The first-order valence-electron chi connectivity index (χ1n) is 7.87. The number of piperidine rings is 1. The summed E-state index contributed by atoms with van der Waals surface area (Å²) in [5.74, 6) is -0.312. The molecule has 0 bridgehead atoms. The Labute approximate surface area is 145 Å². The number of aryl methyl sites for hydroxylation is 1. The molecule has 1 fully saturated rings. The van der Waals surface area contributed by atoms with Crippen molar-refractivity contribution < 1.29 is 4.79 Å². The lowest BCUT2D eigenvalue weighted by Gasteiger charge is -2.33. The largest absolute Gasteiger partial charge is 0.354 e. The number of carbonyl (C=O) groups is 1. The molecule has 2 N–H and O–H groups in total. The van der Waals surface area contributed by atoms with E-state index in [2.05, 4.69) is 20.5 Å². The van der Waals surface area contributed by atoms with Crippen LogP contribution in [0.5, 0.6) is 0 Å². The monoisotopic (exact) mass is 360 g/mol. The zero-order chi connectivity index (χ0) is 17.8. The van der Waals surface area contributed by atoms with E-state index in [1.807, 2.05) is 0 Å². The highest BCUT2D eigenvalue weighted by Crippen LogP contribution is 2.30. The van der Waals surface area contributed by atoms with Crippen molar-refractivity contribution in [1.82, 2.24) is 29.9 Å². The van der Waals surface area contributed by atoms with Gasteiger partial charge in [-0.15, -0.1) is 4.80 Å². The summed E-state index contributed by atoms with van der Waals surface area (Å²) in [5, 5.41) is 12.0. The second kappa shape index (κ2) is 5.38. The predicted octanol–water partition coefficient (Wildman–Crippen LogP) is 0.266. The molecule has 10 heteroatoms. The second-order valence-corrected chi connectivity index (χ2v) is 7.26. The van der Waals surface area contributed by atoms with Crippen LogP contribution in [0.4, 0.5) is 0 Å². The van der Waals surface area contributed by atoms with Crippen molar-refractivity contribution in [2.24, 2.45) is 0 Å². The van der Waals surface area contributed by atoms with E-state index in [0.717, 1.165) is 4.57 Å². The maximum absolute atomic E-state index is 13.1. The van der Waals surface area contributed by atoms with E-state index in [4.69, 9.17) is 0 Å². The molecule has 1 amide bonds. The molecule has 9 nitrogen and oxygen atoms in total. The van der Waals surface area contributed by atoms with Gasteiger partial charge in [0.2, 0.25) is 5.91 Å². The summed E-state index contributed by atoms with van der Waals surface area (Å²) in [4.78, 5) is 42.7. The molecular formula is C15H16N6O3S.